The molecule has 0 heterocycles. The SMILES string of the molecule is CC1CC=C(C(C)(C)CO)CC1. The highest BCUT2D eigenvalue weighted by Gasteiger charge is 2.24. The zero-order chi connectivity index (χ0) is 9.19. The fourth-order valence-electron chi connectivity index (χ4n) is 1.68. The number of aliphatic hydroxyl groups excluding tert-OH is 1. The van der Waals surface area contributed by atoms with E-state index in [1.165, 1.54) is 24.8 Å². The molecule has 1 unspecified atom stereocenters. The van der Waals surface area contributed by atoms with Crippen molar-refractivity contribution in [1.82, 2.24) is 0 Å². The van der Waals surface area contributed by atoms with E-state index in [4.69, 9.17) is 0 Å². The van der Waals surface area contributed by atoms with Crippen LogP contribution in [-0.2, 0) is 0 Å². The van der Waals surface area contributed by atoms with Gasteiger partial charge in [-0.1, -0.05) is 32.4 Å². The second-order valence-electron chi connectivity index (χ2n) is 4.65. The molecule has 1 nitrogen and oxygen atoms in total. The first-order valence-electron chi connectivity index (χ1n) is 4.86. The predicted octanol–water partition coefficient (Wildman–Crippen LogP) is 2.75. The third-order valence-electron chi connectivity index (χ3n) is 2.94. The number of allylic oxidation sites excluding steroid dienone is 1. The van der Waals surface area contributed by atoms with Crippen molar-refractivity contribution >= 4 is 0 Å². The molecule has 0 bridgehead atoms. The molecule has 0 fully saturated rings. The van der Waals surface area contributed by atoms with Crippen molar-refractivity contribution < 1.29 is 5.11 Å². The van der Waals surface area contributed by atoms with Crippen LogP contribution in [0, 0.1) is 11.3 Å². The van der Waals surface area contributed by atoms with E-state index in [1.54, 1.807) is 0 Å². The van der Waals surface area contributed by atoms with Gasteiger partial charge in [0.2, 0.25) is 0 Å². The molecule has 70 valence electrons. The van der Waals surface area contributed by atoms with Gasteiger partial charge in [0.05, 0.1) is 6.61 Å². The van der Waals surface area contributed by atoms with Gasteiger partial charge in [-0.3, -0.25) is 0 Å². The van der Waals surface area contributed by atoms with Crippen LogP contribution in [0.4, 0.5) is 0 Å². The van der Waals surface area contributed by atoms with E-state index >= 15 is 0 Å². The second kappa shape index (κ2) is 3.61. The maximum Gasteiger partial charge on any atom is 0.0519 e. The molecule has 0 aromatic rings. The van der Waals surface area contributed by atoms with Crippen molar-refractivity contribution in [3.63, 3.8) is 0 Å². The molecule has 0 radical (unpaired) electrons. The standard InChI is InChI=1S/C11H20O/c1-9-4-6-10(7-5-9)11(2,3)8-12/h6,9,12H,4-5,7-8H2,1-3H3. The van der Waals surface area contributed by atoms with Gasteiger partial charge < -0.3 is 5.11 Å². The molecular formula is C11H20O. The summed E-state index contributed by atoms with van der Waals surface area (Å²) in [5.74, 6) is 0.836. The summed E-state index contributed by atoms with van der Waals surface area (Å²) in [6.45, 7) is 6.80. The Morgan fingerprint density at radius 2 is 2.25 bits per heavy atom. The summed E-state index contributed by atoms with van der Waals surface area (Å²) in [4.78, 5) is 0. The molecule has 0 saturated heterocycles. The first-order valence-corrected chi connectivity index (χ1v) is 4.86. The van der Waals surface area contributed by atoms with Crippen molar-refractivity contribution in [2.45, 2.75) is 40.0 Å². The molecular weight excluding hydrogens is 148 g/mol. The van der Waals surface area contributed by atoms with E-state index in [0.29, 0.717) is 0 Å². The summed E-state index contributed by atoms with van der Waals surface area (Å²) in [6, 6.07) is 0. The normalized spacial score (nSPS) is 25.3. The molecule has 0 amide bonds. The summed E-state index contributed by atoms with van der Waals surface area (Å²) in [5, 5.41) is 9.17. The first-order chi connectivity index (χ1) is 5.56. The molecule has 12 heavy (non-hydrogen) atoms. The van der Waals surface area contributed by atoms with Gasteiger partial charge >= 0.3 is 0 Å². The predicted molar refractivity (Wildman–Crippen MR) is 52.0 cm³/mol. The minimum Gasteiger partial charge on any atom is -0.395 e. The maximum atomic E-state index is 9.17. The smallest absolute Gasteiger partial charge is 0.0519 e. The molecule has 1 aliphatic carbocycles. The average molecular weight is 168 g/mol. The first kappa shape index (κ1) is 9.79. The van der Waals surface area contributed by atoms with Crippen LogP contribution in [0.5, 0.6) is 0 Å². The number of hydrogen-bond donors (Lipinski definition) is 1. The van der Waals surface area contributed by atoms with Crippen LogP contribution in [0.1, 0.15) is 40.0 Å². The molecule has 0 aliphatic heterocycles. The Kier molecular flexibility index (Phi) is 2.94. The lowest BCUT2D eigenvalue weighted by molar-refractivity contribution is 0.183. The molecule has 0 aromatic carbocycles. The Morgan fingerprint density at radius 3 is 2.67 bits per heavy atom. The molecule has 1 heteroatoms. The van der Waals surface area contributed by atoms with Crippen molar-refractivity contribution in [1.29, 1.82) is 0 Å². The van der Waals surface area contributed by atoms with Crippen molar-refractivity contribution in [3.8, 4) is 0 Å². The van der Waals surface area contributed by atoms with E-state index in [1.807, 2.05) is 0 Å². The Bertz CT molecular complexity index is 179. The Labute approximate surface area is 75.5 Å². The lowest BCUT2D eigenvalue weighted by Crippen LogP contribution is -2.22. The van der Waals surface area contributed by atoms with Crippen LogP contribution in [0.2, 0.25) is 0 Å². The van der Waals surface area contributed by atoms with Gasteiger partial charge in [0.15, 0.2) is 0 Å². The minimum atomic E-state index is 0.0140. The van der Waals surface area contributed by atoms with Gasteiger partial charge in [-0.05, 0) is 25.2 Å². The third-order valence-corrected chi connectivity index (χ3v) is 2.94. The maximum absolute atomic E-state index is 9.17. The van der Waals surface area contributed by atoms with Crippen LogP contribution < -0.4 is 0 Å². The van der Waals surface area contributed by atoms with E-state index in [9.17, 15) is 5.11 Å². The van der Waals surface area contributed by atoms with Crippen LogP contribution in [0.15, 0.2) is 11.6 Å². The van der Waals surface area contributed by atoms with Gasteiger partial charge in [0.25, 0.3) is 0 Å². The zero-order valence-electron chi connectivity index (χ0n) is 8.43. The average Bonchev–Trinajstić information content (AvgIpc) is 2.05. The van der Waals surface area contributed by atoms with Crippen molar-refractivity contribution in [3.05, 3.63) is 11.6 Å². The quantitative estimate of drug-likeness (QED) is 0.629. The summed E-state index contributed by atoms with van der Waals surface area (Å²) in [5.41, 5.74) is 1.46. The Morgan fingerprint density at radius 1 is 1.58 bits per heavy atom. The molecule has 1 N–H and O–H groups in total. The van der Waals surface area contributed by atoms with Gasteiger partial charge in [-0.25, -0.2) is 0 Å². The topological polar surface area (TPSA) is 20.2 Å². The Hall–Kier alpha value is -0.300. The second-order valence-corrected chi connectivity index (χ2v) is 4.65. The van der Waals surface area contributed by atoms with Crippen LogP contribution in [0.3, 0.4) is 0 Å². The monoisotopic (exact) mass is 168 g/mol. The fraction of sp³-hybridized carbons (Fsp3) is 0.818. The van der Waals surface area contributed by atoms with E-state index in [-0.39, 0.29) is 12.0 Å². The highest BCUT2D eigenvalue weighted by atomic mass is 16.3. The summed E-state index contributed by atoms with van der Waals surface area (Å²) < 4.78 is 0. The van der Waals surface area contributed by atoms with Crippen molar-refractivity contribution in [2.75, 3.05) is 6.61 Å². The van der Waals surface area contributed by atoms with Gasteiger partial charge in [-0.15, -0.1) is 0 Å². The summed E-state index contributed by atoms with van der Waals surface area (Å²) in [6.07, 6.45) is 5.98. The molecule has 0 saturated carbocycles. The highest BCUT2D eigenvalue weighted by molar-refractivity contribution is 5.14. The zero-order valence-corrected chi connectivity index (χ0v) is 8.43. The molecule has 0 spiro atoms. The number of hydrogen-bond acceptors (Lipinski definition) is 1. The number of aliphatic hydroxyl groups is 1. The van der Waals surface area contributed by atoms with Crippen LogP contribution in [0.25, 0.3) is 0 Å². The van der Waals surface area contributed by atoms with E-state index in [2.05, 4.69) is 26.8 Å². The fourth-order valence-corrected chi connectivity index (χ4v) is 1.68. The summed E-state index contributed by atoms with van der Waals surface area (Å²) in [7, 11) is 0. The van der Waals surface area contributed by atoms with Crippen LogP contribution >= 0.6 is 0 Å². The van der Waals surface area contributed by atoms with E-state index in [0.717, 1.165) is 5.92 Å². The number of rotatable bonds is 2. The summed E-state index contributed by atoms with van der Waals surface area (Å²) >= 11 is 0. The third kappa shape index (κ3) is 2.10. The highest BCUT2D eigenvalue weighted by Crippen LogP contribution is 2.34. The molecule has 1 rings (SSSR count). The van der Waals surface area contributed by atoms with Gasteiger partial charge in [0, 0.05) is 5.41 Å². The largest absolute Gasteiger partial charge is 0.395 e. The minimum absolute atomic E-state index is 0.0140. The Balaban J connectivity index is 2.64. The lowest BCUT2D eigenvalue weighted by Gasteiger charge is -2.30. The van der Waals surface area contributed by atoms with Gasteiger partial charge in [-0.2, -0.15) is 0 Å². The molecule has 1 aliphatic rings. The van der Waals surface area contributed by atoms with Crippen molar-refractivity contribution in [2.24, 2.45) is 11.3 Å². The molecule has 0 aromatic heterocycles. The lowest BCUT2D eigenvalue weighted by atomic mass is 9.77. The molecule has 1 atom stereocenters. The van der Waals surface area contributed by atoms with E-state index < -0.39 is 0 Å². The van der Waals surface area contributed by atoms with Gasteiger partial charge in [0.1, 0.15) is 0 Å². The van der Waals surface area contributed by atoms with Crippen LogP contribution in [-0.4, -0.2) is 11.7 Å².